The summed E-state index contributed by atoms with van der Waals surface area (Å²) >= 11 is 0. The highest BCUT2D eigenvalue weighted by molar-refractivity contribution is 5.45. The fourth-order valence-corrected chi connectivity index (χ4v) is 2.32. The molecule has 0 aliphatic heterocycles. The third kappa shape index (κ3) is 9.29. The van der Waals surface area contributed by atoms with Crippen molar-refractivity contribution in [3.8, 4) is 0 Å². The van der Waals surface area contributed by atoms with E-state index in [9.17, 15) is 4.79 Å². The van der Waals surface area contributed by atoms with E-state index in [0.29, 0.717) is 0 Å². The van der Waals surface area contributed by atoms with Crippen molar-refractivity contribution in [1.29, 1.82) is 0 Å². The Balaban J connectivity index is 1.80. The van der Waals surface area contributed by atoms with Crippen LogP contribution in [0.2, 0.25) is 0 Å². The summed E-state index contributed by atoms with van der Waals surface area (Å²) in [7, 11) is 0. The number of unbranched alkanes of at least 4 members (excludes halogenated alkanes) is 7. The van der Waals surface area contributed by atoms with Crippen molar-refractivity contribution in [2.45, 2.75) is 57.8 Å². The minimum Gasteiger partial charge on any atom is -0.359 e. The summed E-state index contributed by atoms with van der Waals surface area (Å²) in [6, 6.07) is 10.7. The highest BCUT2D eigenvalue weighted by Gasteiger charge is 1.94. The molecule has 1 amide bonds. The summed E-state index contributed by atoms with van der Waals surface area (Å²) < 4.78 is 0. The van der Waals surface area contributed by atoms with Gasteiger partial charge in [0.1, 0.15) is 0 Å². The quantitative estimate of drug-likeness (QED) is 0.445. The van der Waals surface area contributed by atoms with Crippen molar-refractivity contribution >= 4 is 6.41 Å². The molecule has 0 unspecified atom stereocenters. The molecule has 2 nitrogen and oxygen atoms in total. The molecule has 0 aromatic heterocycles. The van der Waals surface area contributed by atoms with Crippen LogP contribution in [0.3, 0.4) is 0 Å². The van der Waals surface area contributed by atoms with Crippen LogP contribution in [0.5, 0.6) is 0 Å². The third-order valence-corrected chi connectivity index (χ3v) is 3.46. The molecule has 19 heavy (non-hydrogen) atoms. The predicted octanol–water partition coefficient (Wildman–Crippen LogP) is 4.10. The maximum atomic E-state index is 10.0. The number of amides is 1. The smallest absolute Gasteiger partial charge is 0.207 e. The molecular weight excluding hydrogens is 234 g/mol. The second-order valence-corrected chi connectivity index (χ2v) is 5.14. The number of hydrogen-bond donors (Lipinski definition) is 1. The number of hydrogen-bond acceptors (Lipinski definition) is 1. The van der Waals surface area contributed by atoms with Gasteiger partial charge >= 0.3 is 0 Å². The zero-order valence-corrected chi connectivity index (χ0v) is 11.9. The van der Waals surface area contributed by atoms with Gasteiger partial charge in [0.15, 0.2) is 0 Å². The van der Waals surface area contributed by atoms with Crippen molar-refractivity contribution in [3.05, 3.63) is 35.9 Å². The lowest BCUT2D eigenvalue weighted by atomic mass is 10.0. The highest BCUT2D eigenvalue weighted by Crippen LogP contribution is 2.11. The lowest BCUT2D eigenvalue weighted by molar-refractivity contribution is -0.109. The number of benzene rings is 1. The second-order valence-electron chi connectivity index (χ2n) is 5.14. The molecule has 1 aromatic carbocycles. The van der Waals surface area contributed by atoms with Gasteiger partial charge in [0.05, 0.1) is 0 Å². The molecular formula is C17H27NO. The zero-order valence-electron chi connectivity index (χ0n) is 11.9. The largest absolute Gasteiger partial charge is 0.359 e. The Hall–Kier alpha value is -1.31. The van der Waals surface area contributed by atoms with Gasteiger partial charge < -0.3 is 5.32 Å². The first-order chi connectivity index (χ1) is 9.43. The summed E-state index contributed by atoms with van der Waals surface area (Å²) in [6.45, 7) is 0.834. The standard InChI is InChI=1S/C17H27NO/c19-16-18-15-11-6-4-2-1-3-5-8-12-17-13-9-7-10-14-17/h7,9-10,13-14,16H,1-6,8,11-12,15H2,(H,18,19). The Kier molecular flexibility index (Phi) is 9.75. The molecule has 1 N–H and O–H groups in total. The lowest BCUT2D eigenvalue weighted by Gasteiger charge is -2.03. The summed E-state index contributed by atoms with van der Waals surface area (Å²) in [4.78, 5) is 10.0. The number of aryl methyl sites for hydroxylation is 1. The van der Waals surface area contributed by atoms with Crippen molar-refractivity contribution in [1.82, 2.24) is 5.32 Å². The van der Waals surface area contributed by atoms with Gasteiger partial charge in [0.2, 0.25) is 6.41 Å². The fraction of sp³-hybridized carbons (Fsp3) is 0.588. The summed E-state index contributed by atoms with van der Waals surface area (Å²) in [5.74, 6) is 0. The molecule has 0 radical (unpaired) electrons. The third-order valence-electron chi connectivity index (χ3n) is 3.46. The second kappa shape index (κ2) is 11.8. The van der Waals surface area contributed by atoms with Crippen LogP contribution in [0.1, 0.15) is 56.9 Å². The molecule has 0 saturated heterocycles. The first-order valence-electron chi connectivity index (χ1n) is 7.64. The summed E-state index contributed by atoms with van der Waals surface area (Å²) in [6.07, 6.45) is 12.4. The molecule has 2 heteroatoms. The Morgan fingerprint density at radius 1 is 0.789 bits per heavy atom. The zero-order chi connectivity index (χ0) is 13.6. The van der Waals surface area contributed by atoms with Crippen LogP contribution in [0.15, 0.2) is 30.3 Å². The Bertz CT molecular complexity index is 310. The lowest BCUT2D eigenvalue weighted by Crippen LogP contribution is -2.11. The van der Waals surface area contributed by atoms with E-state index in [2.05, 4.69) is 35.6 Å². The minimum absolute atomic E-state index is 0.784. The molecule has 1 aromatic rings. The fourth-order valence-electron chi connectivity index (χ4n) is 2.32. The van der Waals surface area contributed by atoms with E-state index >= 15 is 0 Å². The number of carbonyl (C=O) groups excluding carboxylic acids is 1. The molecule has 1 rings (SSSR count). The van der Waals surface area contributed by atoms with Gasteiger partial charge in [0, 0.05) is 6.54 Å². The Labute approximate surface area is 117 Å². The predicted molar refractivity (Wildman–Crippen MR) is 81.1 cm³/mol. The van der Waals surface area contributed by atoms with Crippen molar-refractivity contribution in [2.75, 3.05) is 6.54 Å². The SMILES string of the molecule is O=CNCCCCCCCCCCc1ccccc1. The minimum atomic E-state index is 0.784. The van der Waals surface area contributed by atoms with E-state index in [4.69, 9.17) is 0 Å². The van der Waals surface area contributed by atoms with Crippen LogP contribution in [0, 0.1) is 0 Å². The average molecular weight is 261 g/mol. The highest BCUT2D eigenvalue weighted by atomic mass is 16.1. The molecule has 0 atom stereocenters. The van der Waals surface area contributed by atoms with E-state index in [-0.39, 0.29) is 0 Å². The molecule has 0 bridgehead atoms. The van der Waals surface area contributed by atoms with E-state index in [1.807, 2.05) is 0 Å². The average Bonchev–Trinajstić information content (AvgIpc) is 2.46. The van der Waals surface area contributed by atoms with Crippen LogP contribution in [0.25, 0.3) is 0 Å². The normalized spacial score (nSPS) is 10.3. The van der Waals surface area contributed by atoms with Crippen molar-refractivity contribution in [2.24, 2.45) is 0 Å². The molecule has 0 aliphatic rings. The van der Waals surface area contributed by atoms with Gasteiger partial charge in [-0.2, -0.15) is 0 Å². The van der Waals surface area contributed by atoms with Crippen LogP contribution in [0.4, 0.5) is 0 Å². The maximum absolute atomic E-state index is 10.0. The summed E-state index contributed by atoms with van der Waals surface area (Å²) in [5.41, 5.74) is 1.46. The maximum Gasteiger partial charge on any atom is 0.207 e. The molecule has 0 fully saturated rings. The van der Waals surface area contributed by atoms with Gasteiger partial charge in [-0.1, -0.05) is 68.9 Å². The molecule has 0 aliphatic carbocycles. The topological polar surface area (TPSA) is 29.1 Å². The van der Waals surface area contributed by atoms with Gasteiger partial charge in [0.25, 0.3) is 0 Å². The van der Waals surface area contributed by atoms with Gasteiger partial charge in [-0.05, 0) is 24.8 Å². The van der Waals surface area contributed by atoms with Crippen LogP contribution < -0.4 is 5.32 Å². The molecule has 106 valence electrons. The van der Waals surface area contributed by atoms with Crippen LogP contribution >= 0.6 is 0 Å². The van der Waals surface area contributed by atoms with Crippen LogP contribution in [-0.2, 0) is 11.2 Å². The van der Waals surface area contributed by atoms with E-state index in [0.717, 1.165) is 19.4 Å². The Morgan fingerprint density at radius 3 is 2.00 bits per heavy atom. The number of nitrogens with one attached hydrogen (secondary N) is 1. The van der Waals surface area contributed by atoms with Crippen LogP contribution in [-0.4, -0.2) is 13.0 Å². The monoisotopic (exact) mass is 261 g/mol. The Morgan fingerprint density at radius 2 is 1.37 bits per heavy atom. The van der Waals surface area contributed by atoms with E-state index in [1.54, 1.807) is 0 Å². The molecule has 0 spiro atoms. The van der Waals surface area contributed by atoms with E-state index < -0.39 is 0 Å². The summed E-state index contributed by atoms with van der Waals surface area (Å²) in [5, 5.41) is 2.70. The van der Waals surface area contributed by atoms with Gasteiger partial charge in [-0.25, -0.2) is 0 Å². The first-order valence-corrected chi connectivity index (χ1v) is 7.64. The first kappa shape index (κ1) is 15.7. The van der Waals surface area contributed by atoms with Crippen molar-refractivity contribution < 1.29 is 4.79 Å². The van der Waals surface area contributed by atoms with E-state index in [1.165, 1.54) is 56.9 Å². The number of carbonyl (C=O) groups is 1. The van der Waals surface area contributed by atoms with Gasteiger partial charge in [-0.3, -0.25) is 4.79 Å². The number of rotatable bonds is 12. The molecule has 0 heterocycles. The van der Waals surface area contributed by atoms with Crippen molar-refractivity contribution in [3.63, 3.8) is 0 Å². The van der Waals surface area contributed by atoms with Gasteiger partial charge in [-0.15, -0.1) is 0 Å². The molecule has 0 saturated carbocycles.